The topological polar surface area (TPSA) is 55.1 Å². The molecule has 1 aliphatic carbocycles. The summed E-state index contributed by atoms with van der Waals surface area (Å²) in [5.74, 6) is 0.189. The summed E-state index contributed by atoms with van der Waals surface area (Å²) in [6, 6.07) is 20.3. The van der Waals surface area contributed by atoms with E-state index in [1.54, 1.807) is 0 Å². The number of amides is 1. The summed E-state index contributed by atoms with van der Waals surface area (Å²) in [6.07, 6.45) is 4.61. The summed E-state index contributed by atoms with van der Waals surface area (Å²) >= 11 is 0. The molecule has 0 aliphatic heterocycles. The number of fused-ring (bicyclic) bond motifs is 3. The van der Waals surface area contributed by atoms with Gasteiger partial charge in [0.1, 0.15) is 5.58 Å². The first-order valence-corrected chi connectivity index (χ1v) is 10.3. The van der Waals surface area contributed by atoms with Crippen molar-refractivity contribution in [3.63, 3.8) is 0 Å². The predicted octanol–water partition coefficient (Wildman–Crippen LogP) is 5.53. The average Bonchev–Trinajstić information content (AvgIpc) is 3.42. The second-order valence-corrected chi connectivity index (χ2v) is 8.10. The van der Waals surface area contributed by atoms with Crippen LogP contribution in [0, 0.1) is 6.92 Å². The molecule has 2 heterocycles. The van der Waals surface area contributed by atoms with E-state index in [4.69, 9.17) is 4.42 Å². The molecule has 146 valence electrons. The molecule has 1 fully saturated rings. The fourth-order valence-corrected chi connectivity index (χ4v) is 4.72. The van der Waals surface area contributed by atoms with Crippen LogP contribution in [0.2, 0.25) is 0 Å². The molecule has 0 saturated heterocycles. The highest BCUT2D eigenvalue weighted by atomic mass is 16.3. The highest BCUT2D eigenvalue weighted by molar-refractivity contribution is 6.06. The molecule has 29 heavy (non-hydrogen) atoms. The number of hydrogen-bond acceptors (Lipinski definition) is 3. The Labute approximate surface area is 169 Å². The summed E-state index contributed by atoms with van der Waals surface area (Å²) in [4.78, 5) is 17.6. The van der Waals surface area contributed by atoms with Gasteiger partial charge in [0.05, 0.1) is 5.52 Å². The van der Waals surface area contributed by atoms with Gasteiger partial charge in [-0.25, -0.2) is 0 Å². The molecule has 2 aromatic carbocycles. The third-order valence-corrected chi connectivity index (χ3v) is 6.32. The van der Waals surface area contributed by atoms with Crippen LogP contribution < -0.4 is 5.32 Å². The number of carbonyl (C=O) groups excluding carboxylic acids is 1. The monoisotopic (exact) mass is 384 g/mol. The number of carbonyl (C=O) groups is 1. The molecule has 1 aliphatic rings. The van der Waals surface area contributed by atoms with Crippen LogP contribution in [0.25, 0.3) is 21.9 Å². The molecular formula is C25H24N2O2. The van der Waals surface area contributed by atoms with Crippen molar-refractivity contribution < 1.29 is 9.21 Å². The summed E-state index contributed by atoms with van der Waals surface area (Å²) < 4.78 is 6.03. The predicted molar refractivity (Wildman–Crippen MR) is 115 cm³/mol. The van der Waals surface area contributed by atoms with E-state index in [2.05, 4.69) is 34.6 Å². The lowest BCUT2D eigenvalue weighted by molar-refractivity contribution is 0.0917. The van der Waals surface area contributed by atoms with Gasteiger partial charge in [0.15, 0.2) is 5.76 Å². The van der Waals surface area contributed by atoms with Crippen molar-refractivity contribution in [2.45, 2.75) is 38.0 Å². The zero-order chi connectivity index (χ0) is 19.8. The van der Waals surface area contributed by atoms with Gasteiger partial charge < -0.3 is 9.73 Å². The lowest BCUT2D eigenvalue weighted by Crippen LogP contribution is -2.38. The Kier molecular flexibility index (Phi) is 4.35. The van der Waals surface area contributed by atoms with E-state index in [1.807, 2.05) is 43.3 Å². The van der Waals surface area contributed by atoms with Crippen LogP contribution in [-0.4, -0.2) is 17.4 Å². The number of hydrogen-bond donors (Lipinski definition) is 1. The lowest BCUT2D eigenvalue weighted by Gasteiger charge is -2.29. The van der Waals surface area contributed by atoms with E-state index in [1.165, 1.54) is 18.4 Å². The highest BCUT2D eigenvalue weighted by Gasteiger charge is 2.36. The quantitative estimate of drug-likeness (QED) is 0.503. The second-order valence-electron chi connectivity index (χ2n) is 8.10. The summed E-state index contributed by atoms with van der Waals surface area (Å²) in [7, 11) is 0. The van der Waals surface area contributed by atoms with E-state index in [9.17, 15) is 4.79 Å². The number of furan rings is 1. The normalized spacial score (nSPS) is 15.8. The zero-order valence-corrected chi connectivity index (χ0v) is 16.6. The van der Waals surface area contributed by atoms with E-state index >= 15 is 0 Å². The fraction of sp³-hybridized carbons (Fsp3) is 0.280. The Morgan fingerprint density at radius 3 is 2.55 bits per heavy atom. The number of nitrogens with zero attached hydrogens (tertiary/aromatic N) is 1. The van der Waals surface area contributed by atoms with Crippen LogP contribution in [0.3, 0.4) is 0 Å². The first-order valence-electron chi connectivity index (χ1n) is 10.3. The van der Waals surface area contributed by atoms with Gasteiger partial charge in [-0.2, -0.15) is 0 Å². The van der Waals surface area contributed by atoms with Gasteiger partial charge in [-0.15, -0.1) is 0 Å². The second kappa shape index (κ2) is 7.03. The molecule has 4 heteroatoms. The van der Waals surface area contributed by atoms with E-state index in [-0.39, 0.29) is 11.3 Å². The first-order chi connectivity index (χ1) is 14.2. The highest BCUT2D eigenvalue weighted by Crippen LogP contribution is 2.40. The third kappa shape index (κ3) is 3.09. The Morgan fingerprint density at radius 2 is 1.76 bits per heavy atom. The van der Waals surface area contributed by atoms with Crippen LogP contribution in [0.5, 0.6) is 0 Å². The van der Waals surface area contributed by atoms with Gasteiger partial charge in [0.2, 0.25) is 0 Å². The van der Waals surface area contributed by atoms with Crippen molar-refractivity contribution in [1.82, 2.24) is 10.3 Å². The van der Waals surface area contributed by atoms with Gasteiger partial charge >= 0.3 is 0 Å². The minimum atomic E-state index is -0.160. The van der Waals surface area contributed by atoms with Crippen LogP contribution in [0.15, 0.2) is 65.1 Å². The van der Waals surface area contributed by atoms with Crippen molar-refractivity contribution in [3.05, 3.63) is 77.7 Å². The maximum absolute atomic E-state index is 13.0. The van der Waals surface area contributed by atoms with E-state index in [0.29, 0.717) is 12.3 Å². The maximum atomic E-state index is 13.0. The Morgan fingerprint density at radius 1 is 1.03 bits per heavy atom. The number of pyridine rings is 1. The van der Waals surface area contributed by atoms with Crippen LogP contribution in [0.1, 0.15) is 47.5 Å². The molecule has 2 aromatic heterocycles. The van der Waals surface area contributed by atoms with Crippen LogP contribution in [-0.2, 0) is 5.41 Å². The number of benzene rings is 2. The number of aryl methyl sites for hydroxylation is 1. The minimum Gasteiger partial charge on any atom is -0.450 e. The fourth-order valence-electron chi connectivity index (χ4n) is 4.72. The molecule has 1 N–H and O–H groups in total. The molecule has 1 amide bonds. The van der Waals surface area contributed by atoms with Gasteiger partial charge in [-0.3, -0.25) is 9.78 Å². The molecule has 4 nitrogen and oxygen atoms in total. The number of nitrogens with one attached hydrogen (secondary N) is 1. The van der Waals surface area contributed by atoms with Crippen LogP contribution in [0.4, 0.5) is 0 Å². The summed E-state index contributed by atoms with van der Waals surface area (Å²) in [5.41, 5.74) is 3.82. The molecule has 0 radical (unpaired) electrons. The van der Waals surface area contributed by atoms with Crippen LogP contribution >= 0.6 is 0 Å². The van der Waals surface area contributed by atoms with E-state index in [0.717, 1.165) is 40.4 Å². The number of para-hydroxylation sites is 1. The third-order valence-electron chi connectivity index (χ3n) is 6.32. The van der Waals surface area contributed by atoms with Crippen molar-refractivity contribution >= 4 is 27.8 Å². The molecule has 0 unspecified atom stereocenters. The van der Waals surface area contributed by atoms with Gasteiger partial charge in [0, 0.05) is 28.4 Å². The molecular weight excluding hydrogens is 360 g/mol. The van der Waals surface area contributed by atoms with Gasteiger partial charge in [-0.1, -0.05) is 55.3 Å². The smallest absolute Gasteiger partial charge is 0.287 e. The maximum Gasteiger partial charge on any atom is 0.287 e. The van der Waals surface area contributed by atoms with E-state index < -0.39 is 0 Å². The standard InChI is InChI=1S/C25H24N2O2/c1-17-20-15-22(29-23(20)19-11-5-6-12-21(19)27-17)24(28)26-16-25(13-7-8-14-25)18-9-3-2-4-10-18/h2-6,9-12,15H,7-8,13-14,16H2,1H3,(H,26,28). The molecule has 1 saturated carbocycles. The molecule has 5 rings (SSSR count). The number of aromatic nitrogens is 1. The summed E-state index contributed by atoms with van der Waals surface area (Å²) in [5, 5.41) is 4.99. The van der Waals surface area contributed by atoms with Crippen molar-refractivity contribution in [2.24, 2.45) is 0 Å². The molecule has 4 aromatic rings. The Bertz CT molecular complexity index is 1190. The summed E-state index contributed by atoms with van der Waals surface area (Å²) in [6.45, 7) is 2.58. The zero-order valence-electron chi connectivity index (χ0n) is 16.6. The average molecular weight is 384 g/mol. The van der Waals surface area contributed by atoms with Gasteiger partial charge in [-0.05, 0) is 43.5 Å². The SMILES string of the molecule is Cc1nc2ccccc2c2oc(C(=O)NCC3(c4ccccc4)CCCC3)cc12. The van der Waals surface area contributed by atoms with Gasteiger partial charge in [0.25, 0.3) is 5.91 Å². The molecule has 0 bridgehead atoms. The van der Waals surface area contributed by atoms with Crippen molar-refractivity contribution in [3.8, 4) is 0 Å². The van der Waals surface area contributed by atoms with Crippen molar-refractivity contribution in [2.75, 3.05) is 6.54 Å². The van der Waals surface area contributed by atoms with Crippen molar-refractivity contribution in [1.29, 1.82) is 0 Å². The largest absolute Gasteiger partial charge is 0.450 e. The Balaban J connectivity index is 1.44. The lowest BCUT2D eigenvalue weighted by atomic mass is 9.79. The Hall–Kier alpha value is -3.14. The minimum absolute atomic E-state index is 0.0209. The molecule has 0 spiro atoms. The number of rotatable bonds is 4. The first kappa shape index (κ1) is 17.9. The molecule has 0 atom stereocenters.